The molecule has 6 heteroatoms. The maximum atomic E-state index is 12.7. The number of halogens is 1. The van der Waals surface area contributed by atoms with Gasteiger partial charge in [-0.15, -0.1) is 0 Å². The number of dihydropyridines is 1. The molecule has 3 rings (SSSR count). The molecule has 2 aliphatic heterocycles. The minimum absolute atomic E-state index is 0.247. The lowest BCUT2D eigenvalue weighted by Crippen LogP contribution is -2.45. The van der Waals surface area contributed by atoms with Crippen LogP contribution in [0, 0.1) is 0 Å². The van der Waals surface area contributed by atoms with Gasteiger partial charge in [0.1, 0.15) is 0 Å². The topological polar surface area (TPSA) is 56.8 Å². The number of carbonyl (C=O) groups is 1. The fourth-order valence-electron chi connectivity index (χ4n) is 3.34. The zero-order valence-corrected chi connectivity index (χ0v) is 16.3. The quantitative estimate of drug-likeness (QED) is 0.765. The third-order valence-electron chi connectivity index (χ3n) is 4.41. The standard InChI is InChI=1S/C19H22BrNO4/c1-5-23-18(22)15-10(2)21-11(3)16(19-24-12(4)25-19)17(15)13-8-6-7-9-14(13)20/h6-9,12,17,19,21H,5H2,1-4H3. The van der Waals surface area contributed by atoms with Crippen LogP contribution in [0.4, 0.5) is 0 Å². The molecular weight excluding hydrogens is 386 g/mol. The van der Waals surface area contributed by atoms with Gasteiger partial charge in [0, 0.05) is 27.4 Å². The maximum absolute atomic E-state index is 12.7. The molecule has 1 N–H and O–H groups in total. The predicted molar refractivity (Wildman–Crippen MR) is 97.5 cm³/mol. The highest BCUT2D eigenvalue weighted by molar-refractivity contribution is 9.10. The SMILES string of the molecule is CCOC(=O)C1=C(C)NC(C)=C(C2OC(C)O2)C1c1ccccc1Br. The third-order valence-corrected chi connectivity index (χ3v) is 5.13. The minimum Gasteiger partial charge on any atom is -0.463 e. The number of benzene rings is 1. The summed E-state index contributed by atoms with van der Waals surface area (Å²) in [6.45, 7) is 7.84. The number of hydrogen-bond acceptors (Lipinski definition) is 5. The van der Waals surface area contributed by atoms with Gasteiger partial charge in [-0.25, -0.2) is 4.79 Å². The van der Waals surface area contributed by atoms with Crippen LogP contribution in [0.5, 0.6) is 0 Å². The molecule has 0 spiro atoms. The van der Waals surface area contributed by atoms with Crippen LogP contribution in [0.15, 0.2) is 51.3 Å². The molecule has 25 heavy (non-hydrogen) atoms. The summed E-state index contributed by atoms with van der Waals surface area (Å²) in [6.07, 6.45) is -0.722. The number of rotatable bonds is 4. The number of allylic oxidation sites excluding steroid dienone is 2. The summed E-state index contributed by atoms with van der Waals surface area (Å²) in [5, 5.41) is 3.28. The summed E-state index contributed by atoms with van der Waals surface area (Å²) in [7, 11) is 0. The van der Waals surface area contributed by atoms with Crippen LogP contribution in [-0.4, -0.2) is 25.2 Å². The summed E-state index contributed by atoms with van der Waals surface area (Å²) < 4.78 is 17.8. The molecule has 1 aromatic rings. The van der Waals surface area contributed by atoms with Gasteiger partial charge in [-0.3, -0.25) is 0 Å². The van der Waals surface area contributed by atoms with Gasteiger partial charge >= 0.3 is 5.97 Å². The van der Waals surface area contributed by atoms with E-state index in [2.05, 4.69) is 21.2 Å². The van der Waals surface area contributed by atoms with Gasteiger partial charge in [0.25, 0.3) is 0 Å². The molecule has 1 aromatic carbocycles. The van der Waals surface area contributed by atoms with E-state index in [0.717, 1.165) is 27.0 Å². The number of hydrogen-bond donors (Lipinski definition) is 1. The fraction of sp³-hybridized carbons (Fsp3) is 0.421. The van der Waals surface area contributed by atoms with Gasteiger partial charge in [-0.1, -0.05) is 34.1 Å². The lowest BCUT2D eigenvalue weighted by atomic mass is 9.80. The molecule has 0 radical (unpaired) electrons. The minimum atomic E-state index is -0.475. The third kappa shape index (κ3) is 3.38. The normalized spacial score (nSPS) is 26.2. The Bertz CT molecular complexity index is 750. The van der Waals surface area contributed by atoms with Crippen LogP contribution in [0.3, 0.4) is 0 Å². The van der Waals surface area contributed by atoms with Gasteiger partial charge in [0.2, 0.25) is 0 Å². The fourth-order valence-corrected chi connectivity index (χ4v) is 3.85. The van der Waals surface area contributed by atoms with Crippen LogP contribution in [0.2, 0.25) is 0 Å². The zero-order chi connectivity index (χ0) is 18.1. The molecule has 1 saturated heterocycles. The van der Waals surface area contributed by atoms with Crippen molar-refractivity contribution in [1.82, 2.24) is 5.32 Å². The van der Waals surface area contributed by atoms with Gasteiger partial charge < -0.3 is 19.5 Å². The van der Waals surface area contributed by atoms with Gasteiger partial charge in [0.05, 0.1) is 12.2 Å². The van der Waals surface area contributed by atoms with Crippen molar-refractivity contribution in [2.45, 2.75) is 46.2 Å². The Kier molecular flexibility index (Phi) is 5.32. The number of ether oxygens (including phenoxy) is 3. The molecule has 1 atom stereocenters. The Morgan fingerprint density at radius 2 is 1.92 bits per heavy atom. The summed E-state index contributed by atoms with van der Waals surface area (Å²) in [6, 6.07) is 7.87. The monoisotopic (exact) mass is 407 g/mol. The van der Waals surface area contributed by atoms with Crippen molar-refractivity contribution in [2.24, 2.45) is 0 Å². The summed E-state index contributed by atoms with van der Waals surface area (Å²) in [5.74, 6) is -0.626. The Morgan fingerprint density at radius 3 is 2.52 bits per heavy atom. The van der Waals surface area contributed by atoms with Crippen molar-refractivity contribution in [3.05, 3.63) is 56.8 Å². The predicted octanol–water partition coefficient (Wildman–Crippen LogP) is 3.97. The Morgan fingerprint density at radius 1 is 1.24 bits per heavy atom. The number of esters is 1. The first-order valence-corrected chi connectivity index (χ1v) is 9.14. The highest BCUT2D eigenvalue weighted by Gasteiger charge is 2.43. The lowest BCUT2D eigenvalue weighted by molar-refractivity contribution is -0.360. The van der Waals surface area contributed by atoms with E-state index in [-0.39, 0.29) is 18.2 Å². The number of nitrogens with one attached hydrogen (secondary N) is 1. The van der Waals surface area contributed by atoms with E-state index in [1.54, 1.807) is 6.92 Å². The van der Waals surface area contributed by atoms with Crippen molar-refractivity contribution >= 4 is 21.9 Å². The van der Waals surface area contributed by atoms with Crippen LogP contribution in [0.25, 0.3) is 0 Å². The van der Waals surface area contributed by atoms with Crippen LogP contribution in [0.1, 0.15) is 39.2 Å². The Hall–Kier alpha value is -1.63. The highest BCUT2D eigenvalue weighted by atomic mass is 79.9. The first-order chi connectivity index (χ1) is 11.9. The molecule has 2 aliphatic rings. The maximum Gasteiger partial charge on any atom is 0.336 e. The second-order valence-corrected chi connectivity index (χ2v) is 6.95. The van der Waals surface area contributed by atoms with E-state index in [4.69, 9.17) is 14.2 Å². The van der Waals surface area contributed by atoms with Crippen molar-refractivity contribution < 1.29 is 19.0 Å². The van der Waals surface area contributed by atoms with Crippen molar-refractivity contribution in [3.8, 4) is 0 Å². The molecule has 2 heterocycles. The molecule has 0 amide bonds. The van der Waals surface area contributed by atoms with Gasteiger partial charge in [-0.05, 0) is 39.3 Å². The smallest absolute Gasteiger partial charge is 0.336 e. The number of carbonyl (C=O) groups excluding carboxylic acids is 1. The van der Waals surface area contributed by atoms with E-state index < -0.39 is 6.29 Å². The molecule has 1 unspecified atom stereocenters. The van der Waals surface area contributed by atoms with Crippen LogP contribution in [-0.2, 0) is 19.0 Å². The average molecular weight is 408 g/mol. The molecule has 5 nitrogen and oxygen atoms in total. The molecule has 134 valence electrons. The van der Waals surface area contributed by atoms with E-state index in [0.29, 0.717) is 12.2 Å². The second kappa shape index (κ2) is 7.32. The first-order valence-electron chi connectivity index (χ1n) is 8.35. The zero-order valence-electron chi connectivity index (χ0n) is 14.8. The van der Waals surface area contributed by atoms with E-state index >= 15 is 0 Å². The van der Waals surface area contributed by atoms with E-state index in [9.17, 15) is 4.79 Å². The van der Waals surface area contributed by atoms with E-state index in [1.165, 1.54) is 0 Å². The highest BCUT2D eigenvalue weighted by Crippen LogP contribution is 2.45. The van der Waals surface area contributed by atoms with Gasteiger partial charge in [-0.2, -0.15) is 0 Å². The van der Waals surface area contributed by atoms with Crippen LogP contribution < -0.4 is 5.32 Å². The Balaban J connectivity index is 2.12. The molecular formula is C19H22BrNO4. The van der Waals surface area contributed by atoms with Crippen LogP contribution >= 0.6 is 15.9 Å². The van der Waals surface area contributed by atoms with Crippen molar-refractivity contribution in [2.75, 3.05) is 6.61 Å². The molecule has 0 bridgehead atoms. The second-order valence-electron chi connectivity index (χ2n) is 6.09. The Labute approximate surface area is 156 Å². The molecule has 0 aliphatic carbocycles. The lowest BCUT2D eigenvalue weighted by Gasteiger charge is -2.41. The van der Waals surface area contributed by atoms with E-state index in [1.807, 2.05) is 45.0 Å². The van der Waals surface area contributed by atoms with Crippen molar-refractivity contribution in [1.29, 1.82) is 0 Å². The summed E-state index contributed by atoms with van der Waals surface area (Å²) in [4.78, 5) is 12.7. The first kappa shape index (κ1) is 18.2. The van der Waals surface area contributed by atoms with Gasteiger partial charge in [0.15, 0.2) is 12.6 Å². The summed E-state index contributed by atoms with van der Waals surface area (Å²) in [5.41, 5.74) is 4.18. The molecule has 0 saturated carbocycles. The molecule has 1 fully saturated rings. The summed E-state index contributed by atoms with van der Waals surface area (Å²) >= 11 is 3.62. The average Bonchev–Trinajstić information content (AvgIpc) is 2.52. The van der Waals surface area contributed by atoms with Crippen molar-refractivity contribution in [3.63, 3.8) is 0 Å². The molecule has 0 aromatic heterocycles. The largest absolute Gasteiger partial charge is 0.463 e.